The van der Waals surface area contributed by atoms with E-state index >= 15 is 0 Å². The van der Waals surface area contributed by atoms with E-state index in [1.165, 1.54) is 4.90 Å². The largest absolute Gasteiger partial charge is 0.465 e. The number of aliphatic hydroxyl groups excluding tert-OH is 1. The average Bonchev–Trinajstić information content (AvgIpc) is 2.19. The van der Waals surface area contributed by atoms with Crippen LogP contribution < -0.4 is 4.90 Å². The fraction of sp³-hybridized carbons (Fsp3) is 0.300. The maximum atomic E-state index is 10.9. The van der Waals surface area contributed by atoms with Crippen LogP contribution >= 0.6 is 0 Å². The maximum absolute atomic E-state index is 10.9. The Labute approximate surface area is 82.4 Å². The Hall–Kier alpha value is -1.55. The van der Waals surface area contributed by atoms with Crippen LogP contribution in [0.4, 0.5) is 10.5 Å². The quantitative estimate of drug-likeness (QED) is 0.766. The first-order valence-electron chi connectivity index (χ1n) is 4.42. The highest BCUT2D eigenvalue weighted by Gasteiger charge is 2.12. The van der Waals surface area contributed by atoms with Crippen molar-refractivity contribution in [2.45, 2.75) is 6.42 Å². The maximum Gasteiger partial charge on any atom is 0.411 e. The lowest BCUT2D eigenvalue weighted by Gasteiger charge is -2.18. The minimum Gasteiger partial charge on any atom is -0.465 e. The van der Waals surface area contributed by atoms with Crippen molar-refractivity contribution in [1.82, 2.24) is 0 Å². The lowest BCUT2D eigenvalue weighted by molar-refractivity contribution is 0.200. The van der Waals surface area contributed by atoms with Gasteiger partial charge in [-0.1, -0.05) is 18.2 Å². The number of carboxylic acid groups (broad SMARTS) is 1. The summed E-state index contributed by atoms with van der Waals surface area (Å²) in [6.45, 7) is 0.312. The molecule has 1 aromatic rings. The molecule has 1 amide bonds. The molecular formula is C10H13NO3. The first-order valence-corrected chi connectivity index (χ1v) is 4.42. The summed E-state index contributed by atoms with van der Waals surface area (Å²) >= 11 is 0. The lowest BCUT2D eigenvalue weighted by Crippen LogP contribution is -2.30. The molecule has 0 unspecified atom stereocenters. The van der Waals surface area contributed by atoms with E-state index in [0.717, 1.165) is 0 Å². The van der Waals surface area contributed by atoms with Gasteiger partial charge in [-0.2, -0.15) is 0 Å². The zero-order valence-corrected chi connectivity index (χ0v) is 7.76. The van der Waals surface area contributed by atoms with Crippen LogP contribution in [0.2, 0.25) is 0 Å². The molecule has 0 spiro atoms. The van der Waals surface area contributed by atoms with Gasteiger partial charge < -0.3 is 10.2 Å². The minimum absolute atomic E-state index is 0.00336. The molecule has 0 aliphatic carbocycles. The summed E-state index contributed by atoms with van der Waals surface area (Å²) in [5, 5.41) is 17.5. The molecule has 0 saturated carbocycles. The highest BCUT2D eigenvalue weighted by Crippen LogP contribution is 2.13. The molecule has 76 valence electrons. The van der Waals surface area contributed by atoms with E-state index in [0.29, 0.717) is 18.7 Å². The molecule has 0 aliphatic rings. The van der Waals surface area contributed by atoms with Crippen LogP contribution in [0, 0.1) is 0 Å². The summed E-state index contributed by atoms with van der Waals surface area (Å²) in [7, 11) is 0. The van der Waals surface area contributed by atoms with Gasteiger partial charge in [-0.25, -0.2) is 4.79 Å². The number of rotatable bonds is 4. The molecule has 0 atom stereocenters. The molecule has 0 aromatic heterocycles. The molecule has 1 rings (SSSR count). The normalized spacial score (nSPS) is 9.79. The van der Waals surface area contributed by atoms with Crippen molar-refractivity contribution in [1.29, 1.82) is 0 Å². The van der Waals surface area contributed by atoms with Crippen LogP contribution in [0.3, 0.4) is 0 Å². The Morgan fingerprint density at radius 3 is 2.43 bits per heavy atom. The number of hydrogen-bond donors (Lipinski definition) is 2. The van der Waals surface area contributed by atoms with E-state index in [1.807, 2.05) is 6.07 Å². The Balaban J connectivity index is 2.73. The Morgan fingerprint density at radius 2 is 1.93 bits per heavy atom. The van der Waals surface area contributed by atoms with E-state index in [2.05, 4.69) is 0 Å². The van der Waals surface area contributed by atoms with Gasteiger partial charge in [0.15, 0.2) is 0 Å². The van der Waals surface area contributed by atoms with Gasteiger partial charge in [0.05, 0.1) is 0 Å². The summed E-state index contributed by atoms with van der Waals surface area (Å²) in [6, 6.07) is 8.85. The molecule has 14 heavy (non-hydrogen) atoms. The van der Waals surface area contributed by atoms with E-state index in [9.17, 15) is 4.79 Å². The van der Waals surface area contributed by atoms with Gasteiger partial charge in [-0.05, 0) is 18.6 Å². The summed E-state index contributed by atoms with van der Waals surface area (Å²) in [5.41, 5.74) is 0.633. The van der Waals surface area contributed by atoms with Gasteiger partial charge >= 0.3 is 6.09 Å². The monoisotopic (exact) mass is 195 g/mol. The van der Waals surface area contributed by atoms with Crippen molar-refractivity contribution in [2.75, 3.05) is 18.1 Å². The average molecular weight is 195 g/mol. The van der Waals surface area contributed by atoms with Crippen molar-refractivity contribution >= 4 is 11.8 Å². The smallest absolute Gasteiger partial charge is 0.411 e. The third-order valence-corrected chi connectivity index (χ3v) is 1.84. The second kappa shape index (κ2) is 5.24. The molecule has 0 aliphatic heterocycles. The zero-order chi connectivity index (χ0) is 10.4. The molecule has 0 saturated heterocycles. The van der Waals surface area contributed by atoms with Crippen molar-refractivity contribution in [2.24, 2.45) is 0 Å². The second-order valence-corrected chi connectivity index (χ2v) is 2.85. The van der Waals surface area contributed by atoms with Crippen LogP contribution in [0.5, 0.6) is 0 Å². The van der Waals surface area contributed by atoms with E-state index in [4.69, 9.17) is 10.2 Å². The first kappa shape index (κ1) is 10.5. The van der Waals surface area contributed by atoms with Gasteiger partial charge in [0, 0.05) is 18.8 Å². The molecule has 0 bridgehead atoms. The van der Waals surface area contributed by atoms with Crippen LogP contribution in [0.1, 0.15) is 6.42 Å². The number of nitrogens with zero attached hydrogens (tertiary/aromatic N) is 1. The van der Waals surface area contributed by atoms with Crippen molar-refractivity contribution in [3.63, 3.8) is 0 Å². The van der Waals surface area contributed by atoms with Crippen molar-refractivity contribution < 1.29 is 15.0 Å². The van der Waals surface area contributed by atoms with Gasteiger partial charge in [-0.3, -0.25) is 4.90 Å². The molecule has 4 heteroatoms. The first-order chi connectivity index (χ1) is 6.75. The number of hydrogen-bond acceptors (Lipinski definition) is 2. The van der Waals surface area contributed by atoms with Gasteiger partial charge in [0.25, 0.3) is 0 Å². The number of carbonyl (C=O) groups is 1. The number of amides is 1. The standard InChI is InChI=1S/C10H13NO3/c12-8-4-7-11(10(13)14)9-5-2-1-3-6-9/h1-3,5-6,12H,4,7-8H2,(H,13,14). The predicted octanol–water partition coefficient (Wildman–Crippen LogP) is 1.55. The fourth-order valence-corrected chi connectivity index (χ4v) is 1.17. The number of aliphatic hydroxyl groups is 1. The Bertz CT molecular complexity index is 287. The molecule has 4 nitrogen and oxygen atoms in total. The van der Waals surface area contributed by atoms with Crippen molar-refractivity contribution in [3.05, 3.63) is 30.3 Å². The summed E-state index contributed by atoms with van der Waals surface area (Å²) in [4.78, 5) is 12.1. The summed E-state index contributed by atoms with van der Waals surface area (Å²) < 4.78 is 0. The molecule has 2 N–H and O–H groups in total. The zero-order valence-electron chi connectivity index (χ0n) is 7.76. The molecule has 1 aromatic carbocycles. The second-order valence-electron chi connectivity index (χ2n) is 2.85. The predicted molar refractivity (Wildman–Crippen MR) is 53.5 cm³/mol. The molecular weight excluding hydrogens is 182 g/mol. The van der Waals surface area contributed by atoms with E-state index < -0.39 is 6.09 Å². The van der Waals surface area contributed by atoms with Crippen LogP contribution in [0.25, 0.3) is 0 Å². The van der Waals surface area contributed by atoms with E-state index in [-0.39, 0.29) is 6.61 Å². The Morgan fingerprint density at radius 1 is 1.29 bits per heavy atom. The SMILES string of the molecule is O=C(O)N(CCCO)c1ccccc1. The van der Waals surface area contributed by atoms with Gasteiger partial charge in [-0.15, -0.1) is 0 Å². The number of anilines is 1. The fourth-order valence-electron chi connectivity index (χ4n) is 1.17. The van der Waals surface area contributed by atoms with Crippen LogP contribution in [-0.2, 0) is 0 Å². The third kappa shape index (κ3) is 2.74. The van der Waals surface area contributed by atoms with Gasteiger partial charge in [0.1, 0.15) is 0 Å². The summed E-state index contributed by atoms with van der Waals surface area (Å²) in [5.74, 6) is 0. The number of benzene rings is 1. The highest BCUT2D eigenvalue weighted by atomic mass is 16.4. The van der Waals surface area contributed by atoms with Crippen molar-refractivity contribution in [3.8, 4) is 0 Å². The molecule has 0 radical (unpaired) electrons. The third-order valence-electron chi connectivity index (χ3n) is 1.84. The Kier molecular flexibility index (Phi) is 3.94. The topological polar surface area (TPSA) is 60.8 Å². The minimum atomic E-state index is -0.996. The van der Waals surface area contributed by atoms with Gasteiger partial charge in [0.2, 0.25) is 0 Å². The number of para-hydroxylation sites is 1. The molecule has 0 fully saturated rings. The van der Waals surface area contributed by atoms with E-state index in [1.54, 1.807) is 24.3 Å². The van der Waals surface area contributed by atoms with Crippen LogP contribution in [0.15, 0.2) is 30.3 Å². The summed E-state index contributed by atoms with van der Waals surface area (Å²) in [6.07, 6.45) is -0.550. The van der Waals surface area contributed by atoms with Crippen LogP contribution in [-0.4, -0.2) is 29.5 Å². The highest BCUT2D eigenvalue weighted by molar-refractivity contribution is 5.85. The molecule has 0 heterocycles. The lowest BCUT2D eigenvalue weighted by atomic mass is 10.3.